The molecule has 0 saturated carbocycles. The molecule has 0 radical (unpaired) electrons. The largest absolute Gasteiger partial charge is 0.495 e. The van der Waals surface area contributed by atoms with Crippen LogP contribution in [0.2, 0.25) is 0 Å². The monoisotopic (exact) mass is 266 g/mol. The fraction of sp³-hybridized carbons (Fsp3) is 0.385. The number of nitrogen functional groups attached to an aromatic ring is 1. The molecule has 1 rings (SSSR count). The van der Waals surface area contributed by atoms with Crippen molar-refractivity contribution in [3.05, 3.63) is 23.8 Å². The summed E-state index contributed by atoms with van der Waals surface area (Å²) in [7, 11) is 4.75. The van der Waals surface area contributed by atoms with Crippen LogP contribution >= 0.6 is 0 Å². The molecular weight excluding hydrogens is 248 g/mol. The van der Waals surface area contributed by atoms with Crippen molar-refractivity contribution in [1.29, 1.82) is 0 Å². The number of ether oxygens (including phenoxy) is 2. The Balaban J connectivity index is 2.62. The molecule has 1 amide bonds. The molecule has 6 nitrogen and oxygen atoms in total. The first-order chi connectivity index (χ1) is 8.97. The van der Waals surface area contributed by atoms with Gasteiger partial charge in [0.2, 0.25) is 5.91 Å². The molecule has 0 saturated heterocycles. The van der Waals surface area contributed by atoms with Crippen LogP contribution in [0.3, 0.4) is 0 Å². The smallest absolute Gasteiger partial charge is 0.340 e. The molecule has 0 fully saturated rings. The molecule has 104 valence electrons. The van der Waals surface area contributed by atoms with E-state index in [2.05, 4.69) is 0 Å². The molecular formula is C13H18N2O4. The van der Waals surface area contributed by atoms with Gasteiger partial charge in [-0.15, -0.1) is 0 Å². The van der Waals surface area contributed by atoms with Crippen molar-refractivity contribution in [3.8, 4) is 5.75 Å². The summed E-state index contributed by atoms with van der Waals surface area (Å²) >= 11 is 0. The van der Waals surface area contributed by atoms with Crippen molar-refractivity contribution in [3.63, 3.8) is 0 Å². The third-order valence-corrected chi connectivity index (χ3v) is 2.55. The van der Waals surface area contributed by atoms with Crippen LogP contribution in [0.5, 0.6) is 5.75 Å². The zero-order valence-corrected chi connectivity index (χ0v) is 11.3. The first kappa shape index (κ1) is 14.8. The molecule has 0 aromatic heterocycles. The normalized spacial score (nSPS) is 9.84. The van der Waals surface area contributed by atoms with Crippen LogP contribution in [0.25, 0.3) is 0 Å². The number of hydrogen-bond acceptors (Lipinski definition) is 5. The number of rotatable bonds is 5. The van der Waals surface area contributed by atoms with Crippen LogP contribution in [-0.2, 0) is 9.53 Å². The number of nitrogens with zero attached hydrogens (tertiary/aromatic N) is 1. The van der Waals surface area contributed by atoms with E-state index in [4.69, 9.17) is 15.2 Å². The molecule has 0 atom stereocenters. The SMILES string of the molecule is COc1cccc(C(=O)OCCC(=O)N(C)C)c1N. The van der Waals surface area contributed by atoms with E-state index < -0.39 is 5.97 Å². The summed E-state index contributed by atoms with van der Waals surface area (Å²) in [6.07, 6.45) is 0.141. The van der Waals surface area contributed by atoms with Crippen LogP contribution in [0, 0.1) is 0 Å². The van der Waals surface area contributed by atoms with E-state index in [-0.39, 0.29) is 30.2 Å². The molecule has 1 aromatic rings. The Morgan fingerprint density at radius 1 is 1.32 bits per heavy atom. The minimum absolute atomic E-state index is 0.0203. The minimum Gasteiger partial charge on any atom is -0.495 e. The van der Waals surface area contributed by atoms with Crippen molar-refractivity contribution in [2.24, 2.45) is 0 Å². The number of amides is 1. The number of carbonyl (C=O) groups is 2. The number of anilines is 1. The van der Waals surface area contributed by atoms with E-state index in [1.54, 1.807) is 32.3 Å². The van der Waals surface area contributed by atoms with Gasteiger partial charge in [-0.05, 0) is 12.1 Å². The summed E-state index contributed by atoms with van der Waals surface area (Å²) in [4.78, 5) is 24.6. The molecule has 0 aliphatic rings. The first-order valence-corrected chi connectivity index (χ1v) is 5.77. The number of benzene rings is 1. The molecule has 6 heteroatoms. The number of methoxy groups -OCH3 is 1. The Hall–Kier alpha value is -2.24. The standard InChI is InChI=1S/C13H18N2O4/c1-15(2)11(16)7-8-19-13(17)9-5-4-6-10(18-3)12(9)14/h4-6H,7-8,14H2,1-3H3. The third-order valence-electron chi connectivity index (χ3n) is 2.55. The molecule has 0 heterocycles. The van der Waals surface area contributed by atoms with Gasteiger partial charge in [0.05, 0.1) is 24.8 Å². The summed E-state index contributed by atoms with van der Waals surface area (Å²) in [5.74, 6) is -0.256. The van der Waals surface area contributed by atoms with Crippen LogP contribution in [0.1, 0.15) is 16.8 Å². The maximum Gasteiger partial charge on any atom is 0.340 e. The summed E-state index contributed by atoms with van der Waals surface area (Å²) in [5, 5.41) is 0. The van der Waals surface area contributed by atoms with Crippen molar-refractivity contribution in [2.75, 3.05) is 33.5 Å². The highest BCUT2D eigenvalue weighted by Gasteiger charge is 2.15. The Bertz CT molecular complexity index is 472. The van der Waals surface area contributed by atoms with Crippen molar-refractivity contribution in [1.82, 2.24) is 4.90 Å². The predicted octanol–water partition coefficient (Wildman–Crippen LogP) is 0.912. The zero-order chi connectivity index (χ0) is 14.4. The highest BCUT2D eigenvalue weighted by Crippen LogP contribution is 2.25. The number of carbonyl (C=O) groups excluding carboxylic acids is 2. The van der Waals surface area contributed by atoms with Crippen molar-refractivity contribution >= 4 is 17.6 Å². The van der Waals surface area contributed by atoms with Gasteiger partial charge in [0.1, 0.15) is 12.4 Å². The number of para-hydroxylation sites is 1. The van der Waals surface area contributed by atoms with Crippen molar-refractivity contribution < 1.29 is 19.1 Å². The van der Waals surface area contributed by atoms with Crippen LogP contribution < -0.4 is 10.5 Å². The molecule has 2 N–H and O–H groups in total. The van der Waals surface area contributed by atoms with Crippen LogP contribution in [-0.4, -0.2) is 44.6 Å². The van der Waals surface area contributed by atoms with Gasteiger partial charge in [0, 0.05) is 14.1 Å². The second-order valence-corrected chi connectivity index (χ2v) is 4.10. The molecule has 0 unspecified atom stereocenters. The Morgan fingerprint density at radius 3 is 2.58 bits per heavy atom. The minimum atomic E-state index is -0.567. The summed E-state index contributed by atoms with van der Waals surface area (Å²) in [5.41, 5.74) is 6.24. The van der Waals surface area contributed by atoms with Gasteiger partial charge in [0.15, 0.2) is 0 Å². The molecule has 19 heavy (non-hydrogen) atoms. The van der Waals surface area contributed by atoms with Crippen LogP contribution in [0.4, 0.5) is 5.69 Å². The van der Waals surface area contributed by atoms with Gasteiger partial charge < -0.3 is 20.1 Å². The summed E-state index contributed by atoms with van der Waals surface area (Å²) in [6, 6.07) is 4.85. The van der Waals surface area contributed by atoms with E-state index in [1.165, 1.54) is 12.0 Å². The molecule has 0 bridgehead atoms. The lowest BCUT2D eigenvalue weighted by molar-refractivity contribution is -0.129. The second-order valence-electron chi connectivity index (χ2n) is 4.10. The maximum absolute atomic E-state index is 11.8. The van der Waals surface area contributed by atoms with E-state index >= 15 is 0 Å². The van der Waals surface area contributed by atoms with Crippen molar-refractivity contribution in [2.45, 2.75) is 6.42 Å². The summed E-state index contributed by atoms with van der Waals surface area (Å²) in [6.45, 7) is 0.0203. The number of nitrogens with two attached hydrogens (primary N) is 1. The van der Waals surface area contributed by atoms with Gasteiger partial charge in [-0.2, -0.15) is 0 Å². The quantitative estimate of drug-likeness (QED) is 0.633. The lowest BCUT2D eigenvalue weighted by atomic mass is 10.1. The van der Waals surface area contributed by atoms with E-state index in [0.717, 1.165) is 0 Å². The topological polar surface area (TPSA) is 81.9 Å². The average Bonchev–Trinajstić information content (AvgIpc) is 2.38. The molecule has 0 aliphatic carbocycles. The fourth-order valence-corrected chi connectivity index (χ4v) is 1.43. The summed E-state index contributed by atoms with van der Waals surface area (Å²) < 4.78 is 10.0. The van der Waals surface area contributed by atoms with E-state index in [1.807, 2.05) is 0 Å². The molecule has 0 spiro atoms. The predicted molar refractivity (Wildman–Crippen MR) is 71.0 cm³/mol. The number of esters is 1. The average molecular weight is 266 g/mol. The lowest BCUT2D eigenvalue weighted by Gasteiger charge is -2.11. The Kier molecular flexibility index (Phi) is 5.17. The van der Waals surface area contributed by atoms with Crippen LogP contribution in [0.15, 0.2) is 18.2 Å². The zero-order valence-electron chi connectivity index (χ0n) is 11.3. The van der Waals surface area contributed by atoms with Gasteiger partial charge >= 0.3 is 5.97 Å². The maximum atomic E-state index is 11.8. The van der Waals surface area contributed by atoms with Gasteiger partial charge in [-0.3, -0.25) is 4.79 Å². The highest BCUT2D eigenvalue weighted by molar-refractivity contribution is 5.96. The molecule has 0 aliphatic heterocycles. The fourth-order valence-electron chi connectivity index (χ4n) is 1.43. The second kappa shape index (κ2) is 6.63. The Labute approximate surface area is 112 Å². The lowest BCUT2D eigenvalue weighted by Crippen LogP contribution is -2.23. The third kappa shape index (κ3) is 3.87. The number of hydrogen-bond donors (Lipinski definition) is 1. The van der Waals surface area contributed by atoms with Gasteiger partial charge in [-0.25, -0.2) is 4.79 Å². The van der Waals surface area contributed by atoms with E-state index in [9.17, 15) is 9.59 Å². The first-order valence-electron chi connectivity index (χ1n) is 5.77. The van der Waals surface area contributed by atoms with Gasteiger partial charge in [0.25, 0.3) is 0 Å². The highest BCUT2D eigenvalue weighted by atomic mass is 16.5. The van der Waals surface area contributed by atoms with Gasteiger partial charge in [-0.1, -0.05) is 6.07 Å². The Morgan fingerprint density at radius 2 is 2.00 bits per heavy atom. The molecule has 1 aromatic carbocycles. The van der Waals surface area contributed by atoms with E-state index in [0.29, 0.717) is 5.75 Å².